The number of nitrogens with one attached hydrogen (secondary N) is 2. The summed E-state index contributed by atoms with van der Waals surface area (Å²) in [5, 5.41) is 3.37. The molecule has 2 rings (SSSR count). The van der Waals surface area contributed by atoms with Gasteiger partial charge in [-0.2, -0.15) is 0 Å². The Morgan fingerprint density at radius 2 is 1.76 bits per heavy atom. The van der Waals surface area contributed by atoms with Crippen LogP contribution in [0.4, 0.5) is 5.69 Å². The van der Waals surface area contributed by atoms with Crippen molar-refractivity contribution in [2.75, 3.05) is 11.9 Å². The van der Waals surface area contributed by atoms with Gasteiger partial charge in [0.2, 0.25) is 10.0 Å². The molecule has 0 bridgehead atoms. The van der Waals surface area contributed by atoms with Gasteiger partial charge in [0.1, 0.15) is 0 Å². The standard InChI is InChI=1S/C16H26N2O2S/c1-12(16(2,3)4)11-17-13-7-9-15(10-8-13)21(19,20)18-14-5-6-14/h7-10,12,14,17-18H,5-6,11H2,1-4H3. The maximum atomic E-state index is 12.1. The predicted octanol–water partition coefficient (Wildman–Crippen LogP) is 3.22. The van der Waals surface area contributed by atoms with Gasteiger partial charge >= 0.3 is 0 Å². The molecule has 0 spiro atoms. The third-order valence-corrected chi connectivity index (χ3v) is 5.69. The molecule has 1 aromatic carbocycles. The van der Waals surface area contributed by atoms with Crippen LogP contribution in [-0.2, 0) is 10.0 Å². The molecule has 1 aliphatic rings. The summed E-state index contributed by atoms with van der Waals surface area (Å²) in [5.74, 6) is 0.525. The van der Waals surface area contributed by atoms with Crippen molar-refractivity contribution in [2.45, 2.75) is 51.5 Å². The highest BCUT2D eigenvalue weighted by Gasteiger charge is 2.27. The second-order valence-corrected chi connectivity index (χ2v) is 8.78. The van der Waals surface area contributed by atoms with Gasteiger partial charge < -0.3 is 5.32 Å². The number of sulfonamides is 1. The van der Waals surface area contributed by atoms with Crippen molar-refractivity contribution in [3.8, 4) is 0 Å². The fourth-order valence-corrected chi connectivity index (χ4v) is 3.12. The molecular weight excluding hydrogens is 284 g/mol. The van der Waals surface area contributed by atoms with Gasteiger partial charge in [0.25, 0.3) is 0 Å². The van der Waals surface area contributed by atoms with E-state index in [2.05, 4.69) is 37.7 Å². The maximum absolute atomic E-state index is 12.1. The molecular formula is C16H26N2O2S. The summed E-state index contributed by atoms with van der Waals surface area (Å²) in [4.78, 5) is 0.337. The molecule has 4 nitrogen and oxygen atoms in total. The van der Waals surface area contributed by atoms with E-state index in [1.54, 1.807) is 12.1 Å². The van der Waals surface area contributed by atoms with Gasteiger partial charge in [-0.1, -0.05) is 27.7 Å². The largest absolute Gasteiger partial charge is 0.385 e. The van der Waals surface area contributed by atoms with E-state index in [0.29, 0.717) is 10.8 Å². The summed E-state index contributed by atoms with van der Waals surface area (Å²) in [6.07, 6.45) is 1.90. The average molecular weight is 310 g/mol. The van der Waals surface area contributed by atoms with Crippen LogP contribution in [-0.4, -0.2) is 21.0 Å². The SMILES string of the molecule is CC(CNc1ccc(S(=O)(=O)NC2CC2)cc1)C(C)(C)C. The summed E-state index contributed by atoms with van der Waals surface area (Å²) >= 11 is 0. The Hall–Kier alpha value is -1.07. The van der Waals surface area contributed by atoms with E-state index >= 15 is 0 Å². The molecule has 118 valence electrons. The van der Waals surface area contributed by atoms with Crippen LogP contribution in [0, 0.1) is 11.3 Å². The zero-order valence-electron chi connectivity index (χ0n) is 13.3. The number of anilines is 1. The first-order valence-corrected chi connectivity index (χ1v) is 9.03. The topological polar surface area (TPSA) is 58.2 Å². The van der Waals surface area contributed by atoms with E-state index in [4.69, 9.17) is 0 Å². The minimum atomic E-state index is -3.35. The van der Waals surface area contributed by atoms with Crippen LogP contribution in [0.1, 0.15) is 40.5 Å². The minimum absolute atomic E-state index is 0.139. The molecule has 0 amide bonds. The molecule has 1 aromatic rings. The molecule has 1 saturated carbocycles. The van der Waals surface area contributed by atoms with Crippen LogP contribution in [0.2, 0.25) is 0 Å². The smallest absolute Gasteiger partial charge is 0.240 e. The Kier molecular flexibility index (Phi) is 4.63. The third kappa shape index (κ3) is 4.71. The summed E-state index contributed by atoms with van der Waals surface area (Å²) in [6, 6.07) is 7.12. The first-order chi connectivity index (χ1) is 9.68. The molecule has 1 aliphatic carbocycles. The van der Waals surface area contributed by atoms with E-state index in [1.165, 1.54) is 0 Å². The van der Waals surface area contributed by atoms with E-state index in [-0.39, 0.29) is 11.5 Å². The van der Waals surface area contributed by atoms with Crippen LogP contribution in [0.5, 0.6) is 0 Å². The van der Waals surface area contributed by atoms with E-state index in [1.807, 2.05) is 12.1 Å². The Bertz CT molecular complexity index is 569. The van der Waals surface area contributed by atoms with Crippen molar-refractivity contribution in [1.82, 2.24) is 4.72 Å². The first-order valence-electron chi connectivity index (χ1n) is 7.55. The van der Waals surface area contributed by atoms with Gasteiger partial charge in [-0.25, -0.2) is 13.1 Å². The normalized spacial score (nSPS) is 17.5. The van der Waals surface area contributed by atoms with Gasteiger partial charge in [0, 0.05) is 18.3 Å². The van der Waals surface area contributed by atoms with Crippen LogP contribution in [0.3, 0.4) is 0 Å². The number of benzene rings is 1. The van der Waals surface area contributed by atoms with Crippen molar-refractivity contribution in [3.05, 3.63) is 24.3 Å². The van der Waals surface area contributed by atoms with Crippen molar-refractivity contribution in [3.63, 3.8) is 0 Å². The predicted molar refractivity (Wildman–Crippen MR) is 86.9 cm³/mol. The lowest BCUT2D eigenvalue weighted by molar-refractivity contribution is 0.274. The van der Waals surface area contributed by atoms with Gasteiger partial charge in [-0.3, -0.25) is 0 Å². The van der Waals surface area contributed by atoms with Gasteiger partial charge in [-0.15, -0.1) is 0 Å². The molecule has 0 aliphatic heterocycles. The lowest BCUT2D eigenvalue weighted by Crippen LogP contribution is -2.26. The monoisotopic (exact) mass is 310 g/mol. The van der Waals surface area contributed by atoms with Crippen LogP contribution >= 0.6 is 0 Å². The Morgan fingerprint density at radius 1 is 1.19 bits per heavy atom. The molecule has 0 saturated heterocycles. The van der Waals surface area contributed by atoms with E-state index in [0.717, 1.165) is 25.1 Å². The summed E-state index contributed by atoms with van der Waals surface area (Å²) in [7, 11) is -3.35. The highest BCUT2D eigenvalue weighted by molar-refractivity contribution is 7.89. The molecule has 2 N–H and O–H groups in total. The second-order valence-electron chi connectivity index (χ2n) is 7.07. The van der Waals surface area contributed by atoms with E-state index in [9.17, 15) is 8.42 Å². The molecule has 1 atom stereocenters. The molecule has 1 fully saturated rings. The minimum Gasteiger partial charge on any atom is -0.385 e. The summed E-state index contributed by atoms with van der Waals surface area (Å²) in [5.41, 5.74) is 1.21. The van der Waals surface area contributed by atoms with Crippen LogP contribution < -0.4 is 10.0 Å². The Balaban J connectivity index is 1.95. The number of hydrogen-bond donors (Lipinski definition) is 2. The van der Waals surface area contributed by atoms with Gasteiger partial charge in [0.15, 0.2) is 0 Å². The zero-order chi connectivity index (χ0) is 15.7. The van der Waals surface area contributed by atoms with Gasteiger partial charge in [0.05, 0.1) is 4.90 Å². The third-order valence-electron chi connectivity index (χ3n) is 4.15. The number of hydrogen-bond acceptors (Lipinski definition) is 3. The fraction of sp³-hybridized carbons (Fsp3) is 0.625. The highest BCUT2D eigenvalue weighted by Crippen LogP contribution is 2.26. The summed E-state index contributed by atoms with van der Waals surface area (Å²) in [6.45, 7) is 9.75. The Labute approximate surface area is 128 Å². The summed E-state index contributed by atoms with van der Waals surface area (Å²) < 4.78 is 26.8. The first kappa shape index (κ1) is 16.3. The molecule has 21 heavy (non-hydrogen) atoms. The highest BCUT2D eigenvalue weighted by atomic mass is 32.2. The molecule has 1 unspecified atom stereocenters. The van der Waals surface area contributed by atoms with Crippen LogP contribution in [0.25, 0.3) is 0 Å². The molecule has 0 radical (unpaired) electrons. The average Bonchev–Trinajstić information content (AvgIpc) is 3.18. The molecule has 0 aromatic heterocycles. The van der Waals surface area contributed by atoms with Crippen molar-refractivity contribution < 1.29 is 8.42 Å². The van der Waals surface area contributed by atoms with Crippen molar-refractivity contribution >= 4 is 15.7 Å². The zero-order valence-corrected chi connectivity index (χ0v) is 14.1. The quantitative estimate of drug-likeness (QED) is 0.848. The van der Waals surface area contributed by atoms with E-state index < -0.39 is 10.0 Å². The van der Waals surface area contributed by atoms with Crippen LogP contribution in [0.15, 0.2) is 29.2 Å². The number of rotatable bonds is 6. The van der Waals surface area contributed by atoms with Gasteiger partial charge in [-0.05, 0) is 48.4 Å². The lowest BCUT2D eigenvalue weighted by atomic mass is 9.82. The second kappa shape index (κ2) is 5.97. The lowest BCUT2D eigenvalue weighted by Gasteiger charge is -2.27. The molecule has 0 heterocycles. The molecule has 5 heteroatoms. The fourth-order valence-electron chi connectivity index (χ4n) is 1.82. The van der Waals surface area contributed by atoms with Crippen molar-refractivity contribution in [2.24, 2.45) is 11.3 Å². The maximum Gasteiger partial charge on any atom is 0.240 e. The van der Waals surface area contributed by atoms with Crippen molar-refractivity contribution in [1.29, 1.82) is 0 Å². The Morgan fingerprint density at radius 3 is 2.24 bits per heavy atom.